The molecule has 2 fully saturated rings. The summed E-state index contributed by atoms with van der Waals surface area (Å²) in [6, 6.07) is 4.40. The van der Waals surface area contributed by atoms with Gasteiger partial charge in [-0.1, -0.05) is 0 Å². The number of alkyl halides is 3. The van der Waals surface area contributed by atoms with E-state index in [9.17, 15) is 18.4 Å². The van der Waals surface area contributed by atoms with Crippen LogP contribution in [0.2, 0.25) is 0 Å². The van der Waals surface area contributed by atoms with Gasteiger partial charge in [0.05, 0.1) is 28.4 Å². The highest BCUT2D eigenvalue weighted by molar-refractivity contribution is 6.62. The van der Waals surface area contributed by atoms with Crippen molar-refractivity contribution in [2.24, 2.45) is 0 Å². The second kappa shape index (κ2) is 5.24. The van der Waals surface area contributed by atoms with E-state index in [1.165, 1.54) is 6.07 Å². The van der Waals surface area contributed by atoms with Crippen LogP contribution in [0, 0.1) is 11.3 Å². The monoisotopic (exact) mass is 337 g/mol. The SMILES string of the molecule is CC1(C)OB(c2cc(C(F)(F)F)c(C3CC3)cc2C#N)OC1(C)C. The minimum absolute atomic E-state index is 0.110. The van der Waals surface area contributed by atoms with Crippen molar-refractivity contribution >= 4 is 12.6 Å². The van der Waals surface area contributed by atoms with Gasteiger partial charge in [0.25, 0.3) is 0 Å². The van der Waals surface area contributed by atoms with Crippen LogP contribution in [0.5, 0.6) is 0 Å². The van der Waals surface area contributed by atoms with Crippen molar-refractivity contribution < 1.29 is 22.5 Å². The fraction of sp³-hybridized carbons (Fsp3) is 0.588. The molecule has 0 amide bonds. The lowest BCUT2D eigenvalue weighted by atomic mass is 9.74. The summed E-state index contributed by atoms with van der Waals surface area (Å²) in [5.74, 6) is -0.110. The van der Waals surface area contributed by atoms with Crippen molar-refractivity contribution in [3.05, 3.63) is 28.8 Å². The molecule has 1 aromatic rings. The maximum Gasteiger partial charge on any atom is 0.496 e. The summed E-state index contributed by atoms with van der Waals surface area (Å²) in [5.41, 5.74) is -1.51. The first-order valence-electron chi connectivity index (χ1n) is 7.97. The molecule has 1 heterocycles. The Hall–Kier alpha value is -1.52. The Morgan fingerprint density at radius 2 is 1.67 bits per heavy atom. The number of hydrogen-bond acceptors (Lipinski definition) is 3. The van der Waals surface area contributed by atoms with Gasteiger partial charge in [-0.2, -0.15) is 18.4 Å². The Labute approximate surface area is 139 Å². The van der Waals surface area contributed by atoms with Gasteiger partial charge < -0.3 is 9.31 Å². The molecule has 2 aliphatic rings. The van der Waals surface area contributed by atoms with Crippen LogP contribution in [0.1, 0.15) is 63.1 Å². The maximum absolute atomic E-state index is 13.5. The highest BCUT2D eigenvalue weighted by Crippen LogP contribution is 2.46. The summed E-state index contributed by atoms with van der Waals surface area (Å²) in [7, 11) is -0.987. The van der Waals surface area contributed by atoms with Crippen molar-refractivity contribution in [1.82, 2.24) is 0 Å². The summed E-state index contributed by atoms with van der Waals surface area (Å²) < 4.78 is 52.1. The van der Waals surface area contributed by atoms with Gasteiger partial charge in [-0.05, 0) is 64.2 Å². The highest BCUT2D eigenvalue weighted by atomic mass is 19.4. The van der Waals surface area contributed by atoms with Crippen LogP contribution in [0.3, 0.4) is 0 Å². The molecule has 1 saturated heterocycles. The molecule has 0 aromatic heterocycles. The molecule has 0 bridgehead atoms. The van der Waals surface area contributed by atoms with E-state index in [4.69, 9.17) is 9.31 Å². The number of nitriles is 1. The van der Waals surface area contributed by atoms with E-state index in [1.54, 1.807) is 0 Å². The van der Waals surface area contributed by atoms with Crippen LogP contribution in [0.4, 0.5) is 13.2 Å². The third kappa shape index (κ3) is 2.82. The topological polar surface area (TPSA) is 42.2 Å². The van der Waals surface area contributed by atoms with Crippen LogP contribution in [0.15, 0.2) is 12.1 Å². The third-order valence-electron chi connectivity index (χ3n) is 5.17. The first-order chi connectivity index (χ1) is 11.0. The molecule has 3 rings (SSSR count). The fourth-order valence-electron chi connectivity index (χ4n) is 2.87. The largest absolute Gasteiger partial charge is 0.496 e. The summed E-state index contributed by atoms with van der Waals surface area (Å²) >= 11 is 0. The first kappa shape index (κ1) is 17.3. The average Bonchev–Trinajstić information content (AvgIpc) is 3.24. The predicted octanol–water partition coefficient (Wildman–Crippen LogP) is 3.75. The van der Waals surface area contributed by atoms with E-state index in [2.05, 4.69) is 0 Å². The molecular formula is C17H19BF3NO2. The summed E-state index contributed by atoms with van der Waals surface area (Å²) in [6.45, 7) is 7.29. The summed E-state index contributed by atoms with van der Waals surface area (Å²) in [5, 5.41) is 9.42. The van der Waals surface area contributed by atoms with Gasteiger partial charge in [0, 0.05) is 5.46 Å². The molecule has 7 heteroatoms. The smallest absolute Gasteiger partial charge is 0.399 e. The van der Waals surface area contributed by atoms with Gasteiger partial charge >= 0.3 is 13.3 Å². The molecule has 0 spiro atoms. The zero-order valence-electron chi connectivity index (χ0n) is 14.1. The molecule has 1 aliphatic heterocycles. The second-order valence-corrected chi connectivity index (χ2v) is 7.50. The molecule has 0 radical (unpaired) electrons. The van der Waals surface area contributed by atoms with Crippen LogP contribution in [0.25, 0.3) is 0 Å². The Morgan fingerprint density at radius 1 is 1.12 bits per heavy atom. The predicted molar refractivity (Wildman–Crippen MR) is 83.9 cm³/mol. The van der Waals surface area contributed by atoms with Crippen molar-refractivity contribution in [2.45, 2.75) is 63.8 Å². The normalized spacial score (nSPS) is 22.5. The zero-order chi connectivity index (χ0) is 17.9. The third-order valence-corrected chi connectivity index (χ3v) is 5.17. The van der Waals surface area contributed by atoms with E-state index < -0.39 is 30.1 Å². The Bertz CT molecular complexity index is 702. The Kier molecular flexibility index (Phi) is 3.78. The highest BCUT2D eigenvalue weighted by Gasteiger charge is 2.53. The van der Waals surface area contributed by atoms with Crippen LogP contribution in [-0.2, 0) is 15.5 Å². The zero-order valence-corrected chi connectivity index (χ0v) is 14.1. The van der Waals surface area contributed by atoms with E-state index in [0.717, 1.165) is 18.9 Å². The fourth-order valence-corrected chi connectivity index (χ4v) is 2.87. The first-order valence-corrected chi connectivity index (χ1v) is 7.97. The Morgan fingerprint density at radius 3 is 2.08 bits per heavy atom. The number of benzene rings is 1. The molecule has 128 valence electrons. The van der Waals surface area contributed by atoms with Crippen molar-refractivity contribution in [3.8, 4) is 6.07 Å². The maximum atomic E-state index is 13.5. The molecular weight excluding hydrogens is 318 g/mol. The van der Waals surface area contributed by atoms with E-state index >= 15 is 0 Å². The van der Waals surface area contributed by atoms with Gasteiger partial charge in [-0.25, -0.2) is 0 Å². The molecule has 3 nitrogen and oxygen atoms in total. The lowest BCUT2D eigenvalue weighted by Gasteiger charge is -2.32. The van der Waals surface area contributed by atoms with Crippen molar-refractivity contribution in [3.63, 3.8) is 0 Å². The molecule has 0 unspecified atom stereocenters. The standard InChI is InChI=1S/C17H19BF3NO2/c1-15(2)16(3,4)24-18(23-15)14-8-13(17(19,20)21)12(10-5-6-10)7-11(14)9-22/h7-8,10H,5-6H2,1-4H3. The summed E-state index contributed by atoms with van der Waals surface area (Å²) in [4.78, 5) is 0. The lowest BCUT2D eigenvalue weighted by Crippen LogP contribution is -2.41. The molecule has 1 aliphatic carbocycles. The lowest BCUT2D eigenvalue weighted by molar-refractivity contribution is -0.138. The van der Waals surface area contributed by atoms with Gasteiger partial charge in [0.1, 0.15) is 0 Å². The van der Waals surface area contributed by atoms with E-state index in [-0.39, 0.29) is 22.5 Å². The van der Waals surface area contributed by atoms with Gasteiger partial charge in [0.15, 0.2) is 0 Å². The average molecular weight is 337 g/mol. The minimum Gasteiger partial charge on any atom is -0.399 e. The second-order valence-electron chi connectivity index (χ2n) is 7.50. The number of rotatable bonds is 2. The van der Waals surface area contributed by atoms with Gasteiger partial charge in [0.2, 0.25) is 0 Å². The van der Waals surface area contributed by atoms with Gasteiger partial charge in [-0.15, -0.1) is 0 Å². The molecule has 0 N–H and O–H groups in total. The Balaban J connectivity index is 2.10. The molecule has 0 atom stereocenters. The van der Waals surface area contributed by atoms with Crippen molar-refractivity contribution in [1.29, 1.82) is 5.26 Å². The molecule has 24 heavy (non-hydrogen) atoms. The number of nitrogens with zero attached hydrogens (tertiary/aromatic N) is 1. The number of halogens is 3. The van der Waals surface area contributed by atoms with Crippen LogP contribution < -0.4 is 5.46 Å². The van der Waals surface area contributed by atoms with Crippen molar-refractivity contribution in [2.75, 3.05) is 0 Å². The molecule has 1 aromatic carbocycles. The summed E-state index contributed by atoms with van der Waals surface area (Å²) in [6.07, 6.45) is -3.02. The van der Waals surface area contributed by atoms with Gasteiger partial charge in [-0.3, -0.25) is 0 Å². The van der Waals surface area contributed by atoms with E-state index in [0.29, 0.717) is 0 Å². The number of hydrogen-bond donors (Lipinski definition) is 0. The van der Waals surface area contributed by atoms with Crippen LogP contribution >= 0.6 is 0 Å². The quantitative estimate of drug-likeness (QED) is 0.772. The minimum atomic E-state index is -4.47. The molecule has 1 saturated carbocycles. The van der Waals surface area contributed by atoms with Crippen LogP contribution in [-0.4, -0.2) is 18.3 Å². The van der Waals surface area contributed by atoms with E-state index in [1.807, 2.05) is 33.8 Å².